The van der Waals surface area contributed by atoms with E-state index in [2.05, 4.69) is 41.4 Å². The van der Waals surface area contributed by atoms with E-state index in [0.717, 1.165) is 63.0 Å². The van der Waals surface area contributed by atoms with Crippen LogP contribution >= 0.6 is 0 Å². The number of rotatable bonds is 6. The molecule has 0 radical (unpaired) electrons. The third-order valence-corrected chi connectivity index (χ3v) is 7.54. The monoisotopic (exact) mass is 467 g/mol. The van der Waals surface area contributed by atoms with Crippen LogP contribution in [-0.4, -0.2) is 52.7 Å². The van der Waals surface area contributed by atoms with Gasteiger partial charge in [-0.15, -0.1) is 0 Å². The first kappa shape index (κ1) is 24.3. The van der Waals surface area contributed by atoms with E-state index in [1.807, 2.05) is 4.90 Å². The largest absolute Gasteiger partial charge is 0.357 e. The van der Waals surface area contributed by atoms with Crippen LogP contribution in [0.2, 0.25) is 0 Å². The van der Waals surface area contributed by atoms with Crippen LogP contribution in [0.3, 0.4) is 0 Å². The average molecular weight is 468 g/mol. The zero-order valence-corrected chi connectivity index (χ0v) is 20.6. The standard InChI is InChI=1S/C26H37N5O3/c1-19-7-4-5-8-21(19)17-30-13-10-20(11-14-30)16-27-25(33)22-9-6-12-31(18-22)23-15-24(32)29(3)26(34)28(23)2/h4-5,7-8,15,20,22H,6,9-14,16-18H2,1-3H3,(H,27,33). The lowest BCUT2D eigenvalue weighted by Gasteiger charge is -2.35. The van der Waals surface area contributed by atoms with E-state index >= 15 is 0 Å². The van der Waals surface area contributed by atoms with E-state index in [0.29, 0.717) is 18.3 Å². The van der Waals surface area contributed by atoms with Gasteiger partial charge >= 0.3 is 5.69 Å². The van der Waals surface area contributed by atoms with Crippen molar-refractivity contribution in [2.45, 2.75) is 39.2 Å². The third-order valence-electron chi connectivity index (χ3n) is 7.54. The molecule has 0 saturated carbocycles. The van der Waals surface area contributed by atoms with Gasteiger partial charge in [-0.25, -0.2) is 4.79 Å². The topological polar surface area (TPSA) is 79.6 Å². The first-order chi connectivity index (χ1) is 16.3. The summed E-state index contributed by atoms with van der Waals surface area (Å²) in [6, 6.07) is 10.1. The minimum Gasteiger partial charge on any atom is -0.357 e. The summed E-state index contributed by atoms with van der Waals surface area (Å²) in [6.45, 7) is 7.27. The molecule has 4 rings (SSSR count). The fourth-order valence-electron chi connectivity index (χ4n) is 5.19. The fraction of sp³-hybridized carbons (Fsp3) is 0.577. The van der Waals surface area contributed by atoms with E-state index in [4.69, 9.17) is 0 Å². The van der Waals surface area contributed by atoms with Gasteiger partial charge in [-0.1, -0.05) is 24.3 Å². The number of aryl methyl sites for hydroxylation is 1. The molecule has 3 heterocycles. The van der Waals surface area contributed by atoms with Crippen molar-refractivity contribution in [3.63, 3.8) is 0 Å². The van der Waals surface area contributed by atoms with Crippen molar-refractivity contribution < 1.29 is 4.79 Å². The molecule has 0 bridgehead atoms. The summed E-state index contributed by atoms with van der Waals surface area (Å²) >= 11 is 0. The van der Waals surface area contributed by atoms with Crippen molar-refractivity contribution in [3.05, 3.63) is 62.3 Å². The molecule has 8 nitrogen and oxygen atoms in total. The maximum atomic E-state index is 13.0. The number of likely N-dealkylation sites (tertiary alicyclic amines) is 1. The summed E-state index contributed by atoms with van der Waals surface area (Å²) in [7, 11) is 3.15. The Morgan fingerprint density at radius 3 is 2.50 bits per heavy atom. The summed E-state index contributed by atoms with van der Waals surface area (Å²) in [5.74, 6) is 1.05. The number of piperidine rings is 2. The van der Waals surface area contributed by atoms with Crippen LogP contribution in [-0.2, 0) is 25.4 Å². The molecule has 2 aliphatic heterocycles. The van der Waals surface area contributed by atoms with Gasteiger partial charge in [0.15, 0.2) is 0 Å². The molecular formula is C26H37N5O3. The number of benzene rings is 1. The van der Waals surface area contributed by atoms with Crippen LogP contribution in [0.15, 0.2) is 39.9 Å². The van der Waals surface area contributed by atoms with Gasteiger partial charge in [-0.05, 0) is 62.7 Å². The molecule has 1 N–H and O–H groups in total. The van der Waals surface area contributed by atoms with Gasteiger partial charge in [0.25, 0.3) is 5.56 Å². The molecule has 8 heteroatoms. The van der Waals surface area contributed by atoms with Crippen molar-refractivity contribution in [2.75, 3.05) is 37.6 Å². The van der Waals surface area contributed by atoms with Gasteiger partial charge < -0.3 is 10.2 Å². The minimum absolute atomic E-state index is 0.0841. The zero-order chi connectivity index (χ0) is 24.2. The smallest absolute Gasteiger partial charge is 0.332 e. The lowest BCUT2D eigenvalue weighted by atomic mass is 9.94. The van der Waals surface area contributed by atoms with Crippen LogP contribution in [0, 0.1) is 18.8 Å². The van der Waals surface area contributed by atoms with Gasteiger partial charge in [-0.2, -0.15) is 0 Å². The van der Waals surface area contributed by atoms with Crippen molar-refractivity contribution in [3.8, 4) is 0 Å². The minimum atomic E-state index is -0.345. The van der Waals surface area contributed by atoms with Crippen LogP contribution in [0.5, 0.6) is 0 Å². The zero-order valence-electron chi connectivity index (χ0n) is 20.6. The van der Waals surface area contributed by atoms with E-state index < -0.39 is 0 Å². The molecule has 1 aromatic carbocycles. The molecule has 1 atom stereocenters. The second-order valence-electron chi connectivity index (χ2n) is 9.92. The molecule has 184 valence electrons. The predicted octanol–water partition coefficient (Wildman–Crippen LogP) is 1.64. The van der Waals surface area contributed by atoms with Gasteiger partial charge in [0.1, 0.15) is 5.82 Å². The van der Waals surface area contributed by atoms with Gasteiger partial charge in [0, 0.05) is 46.3 Å². The van der Waals surface area contributed by atoms with Crippen LogP contribution < -0.4 is 21.5 Å². The Morgan fingerprint density at radius 1 is 1.03 bits per heavy atom. The molecule has 0 spiro atoms. The summed E-state index contributed by atoms with van der Waals surface area (Å²) in [4.78, 5) is 41.9. The summed E-state index contributed by atoms with van der Waals surface area (Å²) < 4.78 is 2.59. The first-order valence-electron chi connectivity index (χ1n) is 12.4. The highest BCUT2D eigenvalue weighted by atomic mass is 16.2. The molecule has 0 aliphatic carbocycles. The van der Waals surface area contributed by atoms with Crippen LogP contribution in [0.25, 0.3) is 0 Å². The second-order valence-corrected chi connectivity index (χ2v) is 9.92. The fourth-order valence-corrected chi connectivity index (χ4v) is 5.19. The normalized spacial score (nSPS) is 19.9. The molecule has 1 unspecified atom stereocenters. The highest BCUT2D eigenvalue weighted by molar-refractivity contribution is 5.79. The van der Waals surface area contributed by atoms with E-state index in [-0.39, 0.29) is 23.1 Å². The number of nitrogens with one attached hydrogen (secondary N) is 1. The van der Waals surface area contributed by atoms with Crippen molar-refractivity contribution >= 4 is 11.7 Å². The molecule has 2 aromatic rings. The van der Waals surface area contributed by atoms with Crippen molar-refractivity contribution in [1.29, 1.82) is 0 Å². The number of aromatic nitrogens is 2. The Hall–Kier alpha value is -2.87. The van der Waals surface area contributed by atoms with Gasteiger partial charge in [0.05, 0.1) is 5.92 Å². The summed E-state index contributed by atoms with van der Waals surface area (Å²) in [5, 5.41) is 3.20. The molecular weight excluding hydrogens is 430 g/mol. The molecule has 2 saturated heterocycles. The maximum Gasteiger partial charge on any atom is 0.332 e. The Kier molecular flexibility index (Phi) is 7.56. The average Bonchev–Trinajstić information content (AvgIpc) is 2.85. The number of nitrogens with zero attached hydrogens (tertiary/aromatic N) is 4. The van der Waals surface area contributed by atoms with Gasteiger partial charge in [0.2, 0.25) is 5.91 Å². The lowest BCUT2D eigenvalue weighted by molar-refractivity contribution is -0.125. The van der Waals surface area contributed by atoms with Crippen molar-refractivity contribution in [2.24, 2.45) is 25.9 Å². The molecule has 2 fully saturated rings. The summed E-state index contributed by atoms with van der Waals surface area (Å²) in [6.07, 6.45) is 3.88. The quantitative estimate of drug-likeness (QED) is 0.699. The van der Waals surface area contributed by atoms with Crippen LogP contribution in [0.1, 0.15) is 36.8 Å². The Balaban J connectivity index is 1.27. The van der Waals surface area contributed by atoms with Gasteiger partial charge in [-0.3, -0.25) is 23.6 Å². The number of carbonyl (C=O) groups excluding carboxylic acids is 1. The van der Waals surface area contributed by atoms with Crippen molar-refractivity contribution in [1.82, 2.24) is 19.4 Å². The van der Waals surface area contributed by atoms with Crippen LogP contribution in [0.4, 0.5) is 5.82 Å². The van der Waals surface area contributed by atoms with E-state index in [1.165, 1.54) is 28.8 Å². The number of hydrogen-bond acceptors (Lipinski definition) is 5. The summed E-state index contributed by atoms with van der Waals surface area (Å²) in [5.41, 5.74) is 2.07. The Morgan fingerprint density at radius 2 is 1.76 bits per heavy atom. The molecule has 1 aromatic heterocycles. The maximum absolute atomic E-state index is 13.0. The highest BCUT2D eigenvalue weighted by Crippen LogP contribution is 2.23. The Labute approximate surface area is 201 Å². The second kappa shape index (κ2) is 10.6. The molecule has 34 heavy (non-hydrogen) atoms. The highest BCUT2D eigenvalue weighted by Gasteiger charge is 2.28. The molecule has 1 amide bonds. The molecule has 2 aliphatic rings. The first-order valence-corrected chi connectivity index (χ1v) is 12.4. The number of amides is 1. The van der Waals surface area contributed by atoms with E-state index in [1.54, 1.807) is 7.05 Å². The number of carbonyl (C=O) groups is 1. The predicted molar refractivity (Wildman–Crippen MR) is 134 cm³/mol. The number of anilines is 1. The lowest BCUT2D eigenvalue weighted by Crippen LogP contribution is -2.47. The van der Waals surface area contributed by atoms with E-state index in [9.17, 15) is 14.4 Å². The number of hydrogen-bond donors (Lipinski definition) is 1. The third kappa shape index (κ3) is 5.43. The Bertz CT molecular complexity index is 1130. The SMILES string of the molecule is Cc1ccccc1CN1CCC(CNC(=O)C2CCCN(c3cc(=O)n(C)c(=O)n3C)C2)CC1.